The van der Waals surface area contributed by atoms with Crippen LogP contribution in [0.25, 0.3) is 0 Å². The van der Waals surface area contributed by atoms with Crippen molar-refractivity contribution in [1.29, 1.82) is 0 Å². The number of aliphatic hydroxyl groups is 1. The van der Waals surface area contributed by atoms with E-state index in [2.05, 4.69) is 48.8 Å². The standard InChI is InChI=1S/C23H31ClN2O2/c1-23(2,3)18-7-9-22(10-8-18)28-17-21(27)16-25-11-13-26(14-12-25)20-6-4-5-19(24)15-20/h4-10,15,21,27H,11-14,16-17H2,1-3H3/t21-/m1/s1. The van der Waals surface area contributed by atoms with Crippen molar-refractivity contribution in [2.75, 3.05) is 44.2 Å². The first-order chi connectivity index (χ1) is 13.3. The molecule has 1 saturated heterocycles. The maximum atomic E-state index is 10.4. The fourth-order valence-electron chi connectivity index (χ4n) is 3.46. The molecule has 0 radical (unpaired) electrons. The van der Waals surface area contributed by atoms with Crippen LogP contribution in [0.1, 0.15) is 26.3 Å². The van der Waals surface area contributed by atoms with Crippen LogP contribution in [0.4, 0.5) is 5.69 Å². The SMILES string of the molecule is CC(C)(C)c1ccc(OC[C@H](O)CN2CCN(c3cccc(Cl)c3)CC2)cc1. The second kappa shape index (κ2) is 9.17. The van der Waals surface area contributed by atoms with Crippen LogP contribution in [0.15, 0.2) is 48.5 Å². The summed E-state index contributed by atoms with van der Waals surface area (Å²) in [5.74, 6) is 0.804. The molecular weight excluding hydrogens is 372 g/mol. The lowest BCUT2D eigenvalue weighted by atomic mass is 9.87. The molecule has 1 atom stereocenters. The van der Waals surface area contributed by atoms with Crippen LogP contribution < -0.4 is 9.64 Å². The van der Waals surface area contributed by atoms with Crippen LogP contribution >= 0.6 is 11.6 Å². The largest absolute Gasteiger partial charge is 0.491 e. The van der Waals surface area contributed by atoms with Crippen molar-refractivity contribution in [3.05, 3.63) is 59.1 Å². The molecule has 2 aromatic rings. The second-order valence-electron chi connectivity index (χ2n) is 8.51. The lowest BCUT2D eigenvalue weighted by molar-refractivity contribution is 0.0663. The minimum atomic E-state index is -0.500. The van der Waals surface area contributed by atoms with Crippen LogP contribution in [0.3, 0.4) is 0 Å². The van der Waals surface area contributed by atoms with Gasteiger partial charge in [-0.1, -0.05) is 50.6 Å². The number of hydrogen-bond acceptors (Lipinski definition) is 4. The topological polar surface area (TPSA) is 35.9 Å². The van der Waals surface area contributed by atoms with Gasteiger partial charge in [0.1, 0.15) is 18.5 Å². The number of benzene rings is 2. The summed E-state index contributed by atoms with van der Waals surface area (Å²) in [6, 6.07) is 16.1. The van der Waals surface area contributed by atoms with E-state index < -0.39 is 6.10 Å². The third-order valence-electron chi connectivity index (χ3n) is 5.18. The highest BCUT2D eigenvalue weighted by molar-refractivity contribution is 6.30. The second-order valence-corrected chi connectivity index (χ2v) is 8.94. The van der Waals surface area contributed by atoms with Crippen LogP contribution in [-0.4, -0.2) is 55.4 Å². The Balaban J connectivity index is 1.41. The van der Waals surface area contributed by atoms with E-state index in [9.17, 15) is 5.11 Å². The average molecular weight is 403 g/mol. The Morgan fingerprint density at radius 2 is 1.71 bits per heavy atom. The van der Waals surface area contributed by atoms with Crippen LogP contribution in [0.5, 0.6) is 5.75 Å². The molecule has 0 spiro atoms. The van der Waals surface area contributed by atoms with Gasteiger partial charge in [0.2, 0.25) is 0 Å². The van der Waals surface area contributed by atoms with Crippen LogP contribution in [-0.2, 0) is 5.41 Å². The number of anilines is 1. The molecule has 1 aliphatic rings. The van der Waals surface area contributed by atoms with E-state index in [0.29, 0.717) is 13.2 Å². The average Bonchev–Trinajstić information content (AvgIpc) is 2.67. The van der Waals surface area contributed by atoms with Gasteiger partial charge >= 0.3 is 0 Å². The number of piperazine rings is 1. The Morgan fingerprint density at radius 3 is 2.32 bits per heavy atom. The summed E-state index contributed by atoms with van der Waals surface area (Å²) in [4.78, 5) is 4.62. The van der Waals surface area contributed by atoms with Crippen LogP contribution in [0, 0.1) is 0 Å². The molecule has 1 fully saturated rings. The number of hydrogen-bond donors (Lipinski definition) is 1. The molecule has 1 aliphatic heterocycles. The summed E-state index contributed by atoms with van der Waals surface area (Å²) in [7, 11) is 0. The quantitative estimate of drug-likeness (QED) is 0.785. The molecule has 0 saturated carbocycles. The van der Waals surface area contributed by atoms with Crippen molar-refractivity contribution in [3.8, 4) is 5.75 Å². The summed E-state index contributed by atoms with van der Waals surface area (Å²) in [6.45, 7) is 11.2. The van der Waals surface area contributed by atoms with Gasteiger partial charge in [-0.2, -0.15) is 0 Å². The molecule has 2 aromatic carbocycles. The number of rotatable bonds is 6. The Labute approximate surface area is 173 Å². The Morgan fingerprint density at radius 1 is 1.04 bits per heavy atom. The van der Waals surface area contributed by atoms with Gasteiger partial charge in [0.25, 0.3) is 0 Å². The normalized spacial score (nSPS) is 16.8. The van der Waals surface area contributed by atoms with E-state index in [0.717, 1.165) is 42.6 Å². The number of ether oxygens (including phenoxy) is 1. The first-order valence-electron chi connectivity index (χ1n) is 9.95. The molecule has 5 heteroatoms. The minimum absolute atomic E-state index is 0.130. The highest BCUT2D eigenvalue weighted by Gasteiger charge is 2.20. The molecule has 1 heterocycles. The first kappa shape index (κ1) is 21.0. The van der Waals surface area contributed by atoms with Gasteiger partial charge in [0, 0.05) is 43.4 Å². The predicted octanol–water partition coefficient (Wildman–Crippen LogP) is 4.20. The van der Waals surface area contributed by atoms with Gasteiger partial charge < -0.3 is 14.7 Å². The summed E-state index contributed by atoms with van der Waals surface area (Å²) in [5.41, 5.74) is 2.57. The summed E-state index contributed by atoms with van der Waals surface area (Å²) in [6.07, 6.45) is -0.500. The van der Waals surface area contributed by atoms with E-state index in [4.69, 9.17) is 16.3 Å². The highest BCUT2D eigenvalue weighted by atomic mass is 35.5. The van der Waals surface area contributed by atoms with Crippen molar-refractivity contribution < 1.29 is 9.84 Å². The van der Waals surface area contributed by atoms with Gasteiger partial charge in [0.15, 0.2) is 0 Å². The van der Waals surface area contributed by atoms with E-state index >= 15 is 0 Å². The molecule has 1 N–H and O–H groups in total. The number of β-amino-alcohol motifs (C(OH)–C–C–N with tert-alkyl or cyclic N) is 1. The molecule has 0 aromatic heterocycles. The van der Waals surface area contributed by atoms with Crippen molar-refractivity contribution in [2.45, 2.75) is 32.3 Å². The number of nitrogens with zero attached hydrogens (tertiary/aromatic N) is 2. The van der Waals surface area contributed by atoms with Gasteiger partial charge in [0.05, 0.1) is 0 Å². The molecule has 0 bridgehead atoms. The fraction of sp³-hybridized carbons (Fsp3) is 0.478. The minimum Gasteiger partial charge on any atom is -0.491 e. The van der Waals surface area contributed by atoms with Crippen LogP contribution in [0.2, 0.25) is 5.02 Å². The predicted molar refractivity (Wildman–Crippen MR) is 117 cm³/mol. The molecule has 0 amide bonds. The molecule has 4 nitrogen and oxygen atoms in total. The first-order valence-corrected chi connectivity index (χ1v) is 10.3. The third kappa shape index (κ3) is 5.87. The van der Waals surface area contributed by atoms with Gasteiger partial charge in [-0.15, -0.1) is 0 Å². The van der Waals surface area contributed by atoms with Crippen molar-refractivity contribution >= 4 is 17.3 Å². The van der Waals surface area contributed by atoms with Gasteiger partial charge in [-0.25, -0.2) is 0 Å². The van der Waals surface area contributed by atoms with E-state index in [1.807, 2.05) is 30.3 Å². The summed E-state index contributed by atoms with van der Waals surface area (Å²) in [5, 5.41) is 11.1. The van der Waals surface area contributed by atoms with E-state index in [1.165, 1.54) is 5.56 Å². The van der Waals surface area contributed by atoms with Gasteiger partial charge in [-0.05, 0) is 41.3 Å². The molecule has 3 rings (SSSR count). The van der Waals surface area contributed by atoms with E-state index in [-0.39, 0.29) is 5.41 Å². The zero-order valence-corrected chi connectivity index (χ0v) is 17.8. The summed E-state index contributed by atoms with van der Waals surface area (Å²) < 4.78 is 5.78. The molecule has 0 unspecified atom stereocenters. The molecular formula is C23H31ClN2O2. The smallest absolute Gasteiger partial charge is 0.119 e. The monoisotopic (exact) mass is 402 g/mol. The van der Waals surface area contributed by atoms with E-state index in [1.54, 1.807) is 0 Å². The molecule has 28 heavy (non-hydrogen) atoms. The Bertz CT molecular complexity index is 750. The van der Waals surface area contributed by atoms with Gasteiger partial charge in [-0.3, -0.25) is 4.90 Å². The lowest BCUT2D eigenvalue weighted by Gasteiger charge is -2.36. The Kier molecular flexibility index (Phi) is 6.86. The third-order valence-corrected chi connectivity index (χ3v) is 5.41. The molecule has 0 aliphatic carbocycles. The number of halogens is 1. The summed E-state index contributed by atoms with van der Waals surface area (Å²) >= 11 is 6.09. The van der Waals surface area contributed by atoms with Crippen molar-refractivity contribution in [1.82, 2.24) is 4.90 Å². The maximum absolute atomic E-state index is 10.4. The lowest BCUT2D eigenvalue weighted by Crippen LogP contribution is -2.49. The maximum Gasteiger partial charge on any atom is 0.119 e. The van der Waals surface area contributed by atoms with Crippen molar-refractivity contribution in [2.24, 2.45) is 0 Å². The molecule has 152 valence electrons. The number of aliphatic hydroxyl groups excluding tert-OH is 1. The zero-order chi connectivity index (χ0) is 20.1. The highest BCUT2D eigenvalue weighted by Crippen LogP contribution is 2.24. The fourth-order valence-corrected chi connectivity index (χ4v) is 3.64. The zero-order valence-electron chi connectivity index (χ0n) is 17.1. The Hall–Kier alpha value is -1.75. The van der Waals surface area contributed by atoms with Crippen molar-refractivity contribution in [3.63, 3.8) is 0 Å².